The van der Waals surface area contributed by atoms with Crippen LogP contribution in [0.15, 0.2) is 40.9 Å². The summed E-state index contributed by atoms with van der Waals surface area (Å²) in [6.45, 7) is 1.66. The Bertz CT molecular complexity index is 763. The van der Waals surface area contributed by atoms with Crippen LogP contribution < -0.4 is 10.1 Å². The summed E-state index contributed by atoms with van der Waals surface area (Å²) in [7, 11) is 0. The Labute approximate surface area is 149 Å². The van der Waals surface area contributed by atoms with Gasteiger partial charge >= 0.3 is 0 Å². The van der Waals surface area contributed by atoms with E-state index in [1.807, 2.05) is 12.1 Å². The molecule has 0 saturated carbocycles. The molecule has 24 heavy (non-hydrogen) atoms. The molecule has 1 aliphatic rings. The number of benzene rings is 2. The summed E-state index contributed by atoms with van der Waals surface area (Å²) in [5.41, 5.74) is 2.80. The maximum absolute atomic E-state index is 13.8. The molecule has 1 atom stereocenters. The van der Waals surface area contributed by atoms with Gasteiger partial charge in [0.1, 0.15) is 11.6 Å². The third-order valence-corrected chi connectivity index (χ3v) is 4.68. The van der Waals surface area contributed by atoms with Gasteiger partial charge in [-0.15, -0.1) is 0 Å². The lowest BCUT2D eigenvalue weighted by molar-refractivity contribution is -0.122. The highest BCUT2D eigenvalue weighted by atomic mass is 79.9. The number of aryl methyl sites for hydroxylation is 2. The molecule has 5 heteroatoms. The van der Waals surface area contributed by atoms with Crippen LogP contribution >= 0.6 is 15.9 Å². The molecule has 0 bridgehead atoms. The van der Waals surface area contributed by atoms with Crippen molar-refractivity contribution < 1.29 is 13.9 Å². The van der Waals surface area contributed by atoms with Gasteiger partial charge in [0.15, 0.2) is 6.10 Å². The number of hydrogen-bond donors (Lipinski definition) is 1. The maximum atomic E-state index is 13.8. The number of anilines is 1. The quantitative estimate of drug-likeness (QED) is 0.806. The van der Waals surface area contributed by atoms with Crippen LogP contribution in [-0.4, -0.2) is 12.0 Å². The number of ether oxygens (including phenoxy) is 1. The van der Waals surface area contributed by atoms with E-state index in [0.717, 1.165) is 12.8 Å². The first-order valence-electron chi connectivity index (χ1n) is 8.07. The fourth-order valence-corrected chi connectivity index (χ4v) is 3.20. The standard InChI is InChI=1S/C19H19BrFNO2/c1-12(19(23)22-18-9-7-15(20)11-17(18)21)24-16-8-6-13-4-2-3-5-14(13)10-16/h6-12H,2-5H2,1H3,(H,22,23)/t12-/m1/s1. The van der Waals surface area contributed by atoms with Crippen LogP contribution in [0.2, 0.25) is 0 Å². The van der Waals surface area contributed by atoms with E-state index in [4.69, 9.17) is 4.74 Å². The average molecular weight is 392 g/mol. The van der Waals surface area contributed by atoms with Crippen molar-refractivity contribution in [2.45, 2.75) is 38.7 Å². The van der Waals surface area contributed by atoms with Gasteiger partial charge < -0.3 is 10.1 Å². The number of fused-ring (bicyclic) bond motifs is 1. The highest BCUT2D eigenvalue weighted by molar-refractivity contribution is 9.10. The van der Waals surface area contributed by atoms with Crippen molar-refractivity contribution in [1.29, 1.82) is 0 Å². The van der Waals surface area contributed by atoms with E-state index >= 15 is 0 Å². The molecular formula is C19H19BrFNO2. The minimum atomic E-state index is -0.713. The minimum Gasteiger partial charge on any atom is -0.481 e. The molecule has 0 spiro atoms. The number of nitrogens with one attached hydrogen (secondary N) is 1. The van der Waals surface area contributed by atoms with Crippen molar-refractivity contribution in [3.63, 3.8) is 0 Å². The van der Waals surface area contributed by atoms with Crippen LogP contribution in [0.4, 0.5) is 10.1 Å². The minimum absolute atomic E-state index is 0.143. The summed E-state index contributed by atoms with van der Waals surface area (Å²) in [5, 5.41) is 2.56. The molecule has 0 aromatic heterocycles. The average Bonchev–Trinajstić information content (AvgIpc) is 2.57. The number of amides is 1. The van der Waals surface area contributed by atoms with E-state index in [1.54, 1.807) is 13.0 Å². The molecule has 1 N–H and O–H groups in total. The summed E-state index contributed by atoms with van der Waals surface area (Å²) in [5.74, 6) is -0.192. The van der Waals surface area contributed by atoms with Crippen LogP contribution in [0.25, 0.3) is 0 Å². The van der Waals surface area contributed by atoms with Crippen molar-refractivity contribution in [1.82, 2.24) is 0 Å². The van der Waals surface area contributed by atoms with Crippen LogP contribution in [0.1, 0.15) is 30.9 Å². The third-order valence-electron chi connectivity index (χ3n) is 4.19. The van der Waals surface area contributed by atoms with Crippen LogP contribution in [0, 0.1) is 5.82 Å². The first kappa shape index (κ1) is 17.0. The van der Waals surface area contributed by atoms with Gasteiger partial charge in [-0.05, 0) is 74.1 Å². The molecule has 3 rings (SSSR count). The molecule has 2 aromatic rings. The molecular weight excluding hydrogens is 373 g/mol. The predicted molar refractivity (Wildman–Crippen MR) is 95.9 cm³/mol. The lowest BCUT2D eigenvalue weighted by Crippen LogP contribution is -2.30. The molecule has 3 nitrogen and oxygen atoms in total. The number of carbonyl (C=O) groups excluding carboxylic acids is 1. The lowest BCUT2D eigenvalue weighted by atomic mass is 9.92. The first-order valence-corrected chi connectivity index (χ1v) is 8.86. The molecule has 2 aromatic carbocycles. The van der Waals surface area contributed by atoms with Crippen molar-refractivity contribution in [3.05, 3.63) is 57.8 Å². The summed E-state index contributed by atoms with van der Waals surface area (Å²) in [6.07, 6.45) is 3.86. The van der Waals surface area contributed by atoms with Gasteiger partial charge in [-0.2, -0.15) is 0 Å². The highest BCUT2D eigenvalue weighted by Gasteiger charge is 2.18. The fraction of sp³-hybridized carbons (Fsp3) is 0.316. The molecule has 0 fully saturated rings. The summed E-state index contributed by atoms with van der Waals surface area (Å²) in [6, 6.07) is 10.5. The fourth-order valence-electron chi connectivity index (χ4n) is 2.87. The maximum Gasteiger partial charge on any atom is 0.265 e. The van der Waals surface area contributed by atoms with Gasteiger partial charge in [0.25, 0.3) is 5.91 Å². The Morgan fingerprint density at radius 3 is 2.67 bits per heavy atom. The summed E-state index contributed by atoms with van der Waals surface area (Å²) >= 11 is 3.19. The Balaban J connectivity index is 1.65. The molecule has 1 amide bonds. The topological polar surface area (TPSA) is 38.3 Å². The number of rotatable bonds is 4. The monoisotopic (exact) mass is 391 g/mol. The molecule has 0 radical (unpaired) electrons. The third kappa shape index (κ3) is 3.96. The molecule has 0 unspecified atom stereocenters. The zero-order valence-corrected chi connectivity index (χ0v) is 15.0. The summed E-state index contributed by atoms with van der Waals surface area (Å²) in [4.78, 5) is 12.2. The second kappa shape index (κ2) is 7.34. The Hall–Kier alpha value is -1.88. The Morgan fingerprint density at radius 2 is 1.92 bits per heavy atom. The van der Waals surface area contributed by atoms with Gasteiger partial charge in [0, 0.05) is 4.47 Å². The van der Waals surface area contributed by atoms with Crippen LogP contribution in [0.3, 0.4) is 0 Å². The van der Waals surface area contributed by atoms with Gasteiger partial charge in [-0.3, -0.25) is 4.79 Å². The number of carbonyl (C=O) groups is 1. The van der Waals surface area contributed by atoms with E-state index in [-0.39, 0.29) is 11.6 Å². The molecule has 0 heterocycles. The smallest absolute Gasteiger partial charge is 0.265 e. The molecule has 0 saturated heterocycles. The second-order valence-electron chi connectivity index (χ2n) is 6.01. The van der Waals surface area contributed by atoms with Crippen molar-refractivity contribution in [2.75, 3.05) is 5.32 Å². The van der Waals surface area contributed by atoms with E-state index in [2.05, 4.69) is 27.3 Å². The van der Waals surface area contributed by atoms with Gasteiger partial charge in [0.2, 0.25) is 0 Å². The van der Waals surface area contributed by atoms with Crippen LogP contribution in [0.5, 0.6) is 5.75 Å². The number of hydrogen-bond acceptors (Lipinski definition) is 2. The predicted octanol–water partition coefficient (Wildman–Crippen LogP) is 4.87. The lowest BCUT2D eigenvalue weighted by Gasteiger charge is -2.19. The zero-order valence-electron chi connectivity index (χ0n) is 13.4. The van der Waals surface area contributed by atoms with Crippen molar-refractivity contribution >= 4 is 27.5 Å². The van der Waals surface area contributed by atoms with Gasteiger partial charge in [-0.25, -0.2) is 4.39 Å². The van der Waals surface area contributed by atoms with Crippen molar-refractivity contribution in [3.8, 4) is 5.75 Å². The molecule has 0 aliphatic heterocycles. The first-order chi connectivity index (χ1) is 11.5. The van der Waals surface area contributed by atoms with Crippen LogP contribution in [-0.2, 0) is 17.6 Å². The Morgan fingerprint density at radius 1 is 1.17 bits per heavy atom. The van der Waals surface area contributed by atoms with Gasteiger partial charge in [0.05, 0.1) is 5.69 Å². The Kier molecular flexibility index (Phi) is 5.19. The van der Waals surface area contributed by atoms with Gasteiger partial charge in [-0.1, -0.05) is 22.0 Å². The molecule has 1 aliphatic carbocycles. The number of halogens is 2. The highest BCUT2D eigenvalue weighted by Crippen LogP contribution is 2.26. The van der Waals surface area contributed by atoms with E-state index in [1.165, 1.54) is 36.1 Å². The normalized spacial score (nSPS) is 14.6. The van der Waals surface area contributed by atoms with E-state index in [0.29, 0.717) is 10.2 Å². The largest absolute Gasteiger partial charge is 0.481 e. The second-order valence-corrected chi connectivity index (χ2v) is 6.93. The van der Waals surface area contributed by atoms with E-state index in [9.17, 15) is 9.18 Å². The SMILES string of the molecule is C[C@@H](Oc1ccc2c(c1)CCCC2)C(=O)Nc1ccc(Br)cc1F. The van der Waals surface area contributed by atoms with Crippen molar-refractivity contribution in [2.24, 2.45) is 0 Å². The van der Waals surface area contributed by atoms with E-state index < -0.39 is 11.9 Å². The zero-order chi connectivity index (χ0) is 17.1. The summed E-state index contributed by atoms with van der Waals surface area (Å²) < 4.78 is 20.2. The molecule has 126 valence electrons.